The summed E-state index contributed by atoms with van der Waals surface area (Å²) in [5.41, 5.74) is 0. The summed E-state index contributed by atoms with van der Waals surface area (Å²) in [4.78, 5) is 3.76. The van der Waals surface area contributed by atoms with Crippen molar-refractivity contribution in [3.63, 3.8) is 0 Å². The van der Waals surface area contributed by atoms with Gasteiger partial charge in [0.2, 0.25) is 0 Å². The van der Waals surface area contributed by atoms with E-state index in [-0.39, 0.29) is 0 Å². The fourth-order valence-electron chi connectivity index (χ4n) is 2.46. The number of likely N-dealkylation sites (tertiary alicyclic amines) is 1. The molecule has 1 fully saturated rings. The van der Waals surface area contributed by atoms with Gasteiger partial charge in [-0.3, -0.25) is 4.90 Å². The maximum atomic E-state index is 9.37. The lowest BCUT2D eigenvalue weighted by Gasteiger charge is -2.24. The molecule has 2 atom stereocenters. The molecule has 0 spiro atoms. The van der Waals surface area contributed by atoms with Crippen molar-refractivity contribution in [2.24, 2.45) is 5.92 Å². The first kappa shape index (κ1) is 12.9. The van der Waals surface area contributed by atoms with Crippen molar-refractivity contribution in [2.75, 3.05) is 25.4 Å². The number of aliphatic hydroxyl groups is 1. The zero-order valence-corrected chi connectivity index (χ0v) is 11.2. The average molecular weight is 251 g/mol. The van der Waals surface area contributed by atoms with Crippen LogP contribution in [0.25, 0.3) is 0 Å². The quantitative estimate of drug-likeness (QED) is 0.813. The fraction of sp³-hybridized carbons (Fsp3) is 0.571. The molecule has 0 saturated carbocycles. The van der Waals surface area contributed by atoms with Crippen molar-refractivity contribution in [3.05, 3.63) is 30.3 Å². The number of hydrogen-bond acceptors (Lipinski definition) is 3. The molecule has 0 radical (unpaired) electrons. The summed E-state index contributed by atoms with van der Waals surface area (Å²) in [6.07, 6.45) is 1.22. The average Bonchev–Trinajstić information content (AvgIpc) is 2.71. The minimum atomic E-state index is 0.303. The summed E-state index contributed by atoms with van der Waals surface area (Å²) in [5.74, 6) is 1.74. The Morgan fingerprint density at radius 2 is 2.12 bits per heavy atom. The molecule has 1 heterocycles. The first-order valence-corrected chi connectivity index (χ1v) is 7.32. The molecule has 0 bridgehead atoms. The molecule has 2 unspecified atom stereocenters. The minimum Gasteiger partial charge on any atom is -0.395 e. The van der Waals surface area contributed by atoms with Crippen LogP contribution in [0.5, 0.6) is 0 Å². The predicted octanol–water partition coefficient (Wildman–Crippen LogP) is 2.48. The molecule has 0 amide bonds. The molecule has 1 aromatic carbocycles. The van der Waals surface area contributed by atoms with E-state index in [1.807, 2.05) is 17.8 Å². The largest absolute Gasteiger partial charge is 0.395 e. The number of nitrogens with zero attached hydrogens (tertiary/aromatic N) is 1. The van der Waals surface area contributed by atoms with Gasteiger partial charge in [-0.2, -0.15) is 0 Å². The molecule has 2 nitrogen and oxygen atoms in total. The summed E-state index contributed by atoms with van der Waals surface area (Å²) in [7, 11) is 0. The van der Waals surface area contributed by atoms with Crippen LogP contribution in [0.4, 0.5) is 0 Å². The van der Waals surface area contributed by atoms with E-state index in [4.69, 9.17) is 0 Å². The summed E-state index contributed by atoms with van der Waals surface area (Å²) < 4.78 is 0. The Hall–Kier alpha value is -0.510. The van der Waals surface area contributed by atoms with Gasteiger partial charge in [0.15, 0.2) is 0 Å². The molecule has 17 heavy (non-hydrogen) atoms. The second-order valence-corrected chi connectivity index (χ2v) is 5.88. The van der Waals surface area contributed by atoms with Crippen molar-refractivity contribution >= 4 is 11.8 Å². The molecular weight excluding hydrogens is 230 g/mol. The second-order valence-electron chi connectivity index (χ2n) is 4.71. The number of rotatable bonds is 5. The van der Waals surface area contributed by atoms with Crippen molar-refractivity contribution in [2.45, 2.75) is 24.3 Å². The number of hydrogen-bond donors (Lipinski definition) is 1. The Morgan fingerprint density at radius 1 is 1.35 bits per heavy atom. The van der Waals surface area contributed by atoms with Gasteiger partial charge in [0.05, 0.1) is 6.61 Å². The van der Waals surface area contributed by atoms with Crippen LogP contribution >= 0.6 is 11.8 Å². The molecule has 3 heteroatoms. The minimum absolute atomic E-state index is 0.303. The molecule has 94 valence electrons. The maximum absolute atomic E-state index is 9.37. The Balaban J connectivity index is 1.75. The highest BCUT2D eigenvalue weighted by Gasteiger charge is 2.29. The van der Waals surface area contributed by atoms with E-state index in [1.54, 1.807) is 0 Å². The van der Waals surface area contributed by atoms with Crippen LogP contribution in [-0.4, -0.2) is 41.5 Å². The monoisotopic (exact) mass is 251 g/mol. The van der Waals surface area contributed by atoms with E-state index in [0.717, 1.165) is 18.8 Å². The van der Waals surface area contributed by atoms with Crippen LogP contribution in [0, 0.1) is 5.92 Å². The zero-order chi connectivity index (χ0) is 12.1. The third-order valence-corrected chi connectivity index (χ3v) is 4.57. The normalized spacial score (nSPS) is 25.3. The third-order valence-electron chi connectivity index (χ3n) is 3.58. The van der Waals surface area contributed by atoms with E-state index in [9.17, 15) is 5.11 Å². The van der Waals surface area contributed by atoms with Gasteiger partial charge in [0, 0.05) is 23.2 Å². The third kappa shape index (κ3) is 3.47. The summed E-state index contributed by atoms with van der Waals surface area (Å²) in [6, 6.07) is 10.9. The van der Waals surface area contributed by atoms with Gasteiger partial charge in [0.25, 0.3) is 0 Å². The molecule has 0 aliphatic carbocycles. The van der Waals surface area contributed by atoms with Crippen LogP contribution in [-0.2, 0) is 0 Å². The van der Waals surface area contributed by atoms with Crippen molar-refractivity contribution in [1.82, 2.24) is 4.90 Å². The van der Waals surface area contributed by atoms with Gasteiger partial charge >= 0.3 is 0 Å². The lowest BCUT2D eigenvalue weighted by molar-refractivity contribution is 0.145. The molecular formula is C14H21NOS. The highest BCUT2D eigenvalue weighted by molar-refractivity contribution is 7.99. The number of thioether (sulfide) groups is 1. The first-order valence-electron chi connectivity index (χ1n) is 6.34. The summed E-state index contributed by atoms with van der Waals surface area (Å²) in [5, 5.41) is 9.37. The Bertz CT molecular complexity index is 330. The van der Waals surface area contributed by atoms with Gasteiger partial charge in [0.1, 0.15) is 0 Å². The maximum Gasteiger partial charge on any atom is 0.0589 e. The van der Waals surface area contributed by atoms with E-state index < -0.39 is 0 Å². The Morgan fingerprint density at radius 3 is 2.82 bits per heavy atom. The lowest BCUT2D eigenvalue weighted by Crippen LogP contribution is -2.36. The smallest absolute Gasteiger partial charge is 0.0589 e. The van der Waals surface area contributed by atoms with Crippen LogP contribution in [0.2, 0.25) is 0 Å². The molecule has 1 aromatic rings. The molecule has 1 saturated heterocycles. The van der Waals surface area contributed by atoms with Gasteiger partial charge in [-0.05, 0) is 31.0 Å². The summed E-state index contributed by atoms with van der Waals surface area (Å²) in [6.45, 7) is 4.76. The lowest BCUT2D eigenvalue weighted by atomic mass is 10.0. The summed E-state index contributed by atoms with van der Waals surface area (Å²) >= 11 is 1.90. The van der Waals surface area contributed by atoms with E-state index >= 15 is 0 Å². The highest BCUT2D eigenvalue weighted by Crippen LogP contribution is 2.24. The van der Waals surface area contributed by atoms with Gasteiger partial charge < -0.3 is 5.11 Å². The number of aliphatic hydroxyl groups excluding tert-OH is 1. The van der Waals surface area contributed by atoms with Crippen molar-refractivity contribution < 1.29 is 5.11 Å². The van der Waals surface area contributed by atoms with Crippen molar-refractivity contribution in [1.29, 1.82) is 0 Å². The van der Waals surface area contributed by atoms with E-state index in [0.29, 0.717) is 18.6 Å². The molecule has 0 aromatic heterocycles. The first-order chi connectivity index (χ1) is 8.31. The van der Waals surface area contributed by atoms with Crippen LogP contribution in [0.15, 0.2) is 35.2 Å². The van der Waals surface area contributed by atoms with Crippen LogP contribution < -0.4 is 0 Å². The van der Waals surface area contributed by atoms with Crippen LogP contribution in [0.3, 0.4) is 0 Å². The fourth-order valence-corrected chi connectivity index (χ4v) is 3.37. The standard InChI is InChI=1S/C14H21NOS/c1-12-7-8-15(14(12)11-16)9-10-17-13-5-3-2-4-6-13/h2-6,12,14,16H,7-11H2,1H3. The topological polar surface area (TPSA) is 23.5 Å². The van der Waals surface area contributed by atoms with Gasteiger partial charge in [-0.15, -0.1) is 11.8 Å². The molecule has 1 aliphatic rings. The molecule has 1 N–H and O–H groups in total. The molecule has 2 rings (SSSR count). The van der Waals surface area contributed by atoms with E-state index in [1.165, 1.54) is 11.3 Å². The SMILES string of the molecule is CC1CCN(CCSc2ccccc2)C1CO. The van der Waals surface area contributed by atoms with E-state index in [2.05, 4.69) is 36.1 Å². The zero-order valence-electron chi connectivity index (χ0n) is 10.4. The Labute approximate surface area is 108 Å². The van der Waals surface area contributed by atoms with Gasteiger partial charge in [-0.1, -0.05) is 25.1 Å². The van der Waals surface area contributed by atoms with Crippen LogP contribution in [0.1, 0.15) is 13.3 Å². The Kier molecular flexibility index (Phi) is 4.89. The number of benzene rings is 1. The predicted molar refractivity (Wildman–Crippen MR) is 73.4 cm³/mol. The van der Waals surface area contributed by atoms with Gasteiger partial charge in [-0.25, -0.2) is 0 Å². The van der Waals surface area contributed by atoms with Crippen molar-refractivity contribution in [3.8, 4) is 0 Å². The highest BCUT2D eigenvalue weighted by atomic mass is 32.2. The molecule has 1 aliphatic heterocycles. The second kappa shape index (κ2) is 6.43.